The molecule has 0 spiro atoms. The van der Waals surface area contributed by atoms with Crippen LogP contribution >= 0.6 is 15.9 Å². The second-order valence-electron chi connectivity index (χ2n) is 2.24. The fourth-order valence-corrected chi connectivity index (χ4v) is 0.770. The van der Waals surface area contributed by atoms with Gasteiger partial charge in [0, 0.05) is 11.2 Å². The quantitative estimate of drug-likeness (QED) is 0.233. The van der Waals surface area contributed by atoms with Crippen molar-refractivity contribution in [1.29, 1.82) is 0 Å². The first-order valence-corrected chi connectivity index (χ1v) is 4.31. The molecule has 0 rings (SSSR count). The number of halogens is 1. The van der Waals surface area contributed by atoms with Crippen molar-refractivity contribution in [3.63, 3.8) is 0 Å². The van der Waals surface area contributed by atoms with E-state index in [9.17, 15) is 14.4 Å². The molecule has 1 unspecified atom stereocenters. The van der Waals surface area contributed by atoms with Crippen molar-refractivity contribution >= 4 is 34.2 Å². The van der Waals surface area contributed by atoms with Crippen molar-refractivity contribution in [2.45, 2.75) is 24.6 Å². The minimum absolute atomic E-state index is 0.0439. The van der Waals surface area contributed by atoms with E-state index in [2.05, 4.69) is 20.7 Å². The molecule has 0 aliphatic heterocycles. The lowest BCUT2D eigenvalue weighted by molar-refractivity contribution is -0.158. The summed E-state index contributed by atoms with van der Waals surface area (Å²) in [6, 6.07) is 0. The maximum atomic E-state index is 10.8. The number of ketones is 1. The molecule has 0 amide bonds. The van der Waals surface area contributed by atoms with Gasteiger partial charge in [-0.15, -0.1) is 0 Å². The molecule has 12 heavy (non-hydrogen) atoms. The first kappa shape index (κ1) is 11.3. The number of esters is 1. The van der Waals surface area contributed by atoms with Gasteiger partial charge in [0.2, 0.25) is 5.78 Å². The Morgan fingerprint density at radius 3 is 2.58 bits per heavy atom. The summed E-state index contributed by atoms with van der Waals surface area (Å²) in [4.78, 5) is 31.1. The van der Waals surface area contributed by atoms with Crippen LogP contribution in [0.2, 0.25) is 0 Å². The van der Waals surface area contributed by atoms with Crippen LogP contribution in [0, 0.1) is 0 Å². The van der Waals surface area contributed by atoms with Crippen LogP contribution in [0.15, 0.2) is 0 Å². The van der Waals surface area contributed by atoms with E-state index in [-0.39, 0.29) is 17.7 Å². The molecular weight excluding hydrogens is 228 g/mol. The normalized spacial score (nSPS) is 11.8. The van der Waals surface area contributed by atoms with Crippen LogP contribution in [0.5, 0.6) is 0 Å². The zero-order valence-corrected chi connectivity index (χ0v) is 8.17. The lowest BCUT2D eigenvalue weighted by Gasteiger charge is -1.99. The smallest absolute Gasteiger partial charge is 0.382 e. The molecule has 4 nitrogen and oxygen atoms in total. The monoisotopic (exact) mass is 236 g/mol. The predicted molar refractivity (Wildman–Crippen MR) is 44.8 cm³/mol. The van der Waals surface area contributed by atoms with Gasteiger partial charge in [-0.05, 0) is 6.42 Å². The fourth-order valence-electron chi connectivity index (χ4n) is 0.541. The van der Waals surface area contributed by atoms with Crippen molar-refractivity contribution in [2.24, 2.45) is 0 Å². The first-order chi connectivity index (χ1) is 5.57. The number of hydrogen-bond acceptors (Lipinski definition) is 4. The molecular formula is C7H9BrO4. The molecule has 0 saturated heterocycles. The zero-order chi connectivity index (χ0) is 9.56. The number of ether oxygens (including phenoxy) is 1. The summed E-state index contributed by atoms with van der Waals surface area (Å²) >= 11 is 3.22. The van der Waals surface area contributed by atoms with Crippen LogP contribution in [0.4, 0.5) is 0 Å². The van der Waals surface area contributed by atoms with Crippen LogP contribution in [-0.4, -0.2) is 23.1 Å². The Kier molecular flexibility index (Phi) is 5.53. The number of carbonyl (C=O) groups is 3. The van der Waals surface area contributed by atoms with Gasteiger partial charge in [0.15, 0.2) is 0 Å². The standard InChI is InChI=1S/C7H9BrO4/c1-5(8)2-3-6(10)7(11)12-4-9/h4-5H,2-3H2,1H3. The van der Waals surface area contributed by atoms with Gasteiger partial charge in [0.05, 0.1) is 0 Å². The van der Waals surface area contributed by atoms with E-state index in [0.29, 0.717) is 6.42 Å². The highest BCUT2D eigenvalue weighted by atomic mass is 79.9. The number of alkyl halides is 1. The second-order valence-corrected chi connectivity index (χ2v) is 3.81. The highest BCUT2D eigenvalue weighted by Gasteiger charge is 2.15. The molecule has 0 fully saturated rings. The minimum Gasteiger partial charge on any atom is -0.390 e. The van der Waals surface area contributed by atoms with E-state index >= 15 is 0 Å². The highest BCUT2D eigenvalue weighted by molar-refractivity contribution is 9.09. The molecule has 0 N–H and O–H groups in total. The van der Waals surface area contributed by atoms with E-state index in [1.807, 2.05) is 6.92 Å². The van der Waals surface area contributed by atoms with E-state index in [1.54, 1.807) is 0 Å². The van der Waals surface area contributed by atoms with E-state index < -0.39 is 11.8 Å². The third-order valence-electron chi connectivity index (χ3n) is 1.15. The average Bonchev–Trinajstić information content (AvgIpc) is 2.00. The van der Waals surface area contributed by atoms with Crippen LogP contribution in [0.25, 0.3) is 0 Å². The molecule has 1 atom stereocenters. The molecule has 0 heterocycles. The van der Waals surface area contributed by atoms with Crippen molar-refractivity contribution in [3.8, 4) is 0 Å². The molecule has 0 radical (unpaired) electrons. The Hall–Kier alpha value is -0.710. The second kappa shape index (κ2) is 5.88. The summed E-state index contributed by atoms with van der Waals surface area (Å²) in [5, 5.41) is 0. The van der Waals surface area contributed by atoms with Crippen LogP contribution < -0.4 is 0 Å². The summed E-state index contributed by atoms with van der Waals surface area (Å²) in [6.07, 6.45) is 0.645. The van der Waals surface area contributed by atoms with Crippen molar-refractivity contribution in [1.82, 2.24) is 0 Å². The highest BCUT2D eigenvalue weighted by Crippen LogP contribution is 2.06. The number of Topliss-reactive ketones (excluding diaryl/α,β-unsaturated/α-hetero) is 1. The maximum absolute atomic E-state index is 10.8. The Balaban J connectivity index is 3.72. The van der Waals surface area contributed by atoms with Crippen LogP contribution in [0.1, 0.15) is 19.8 Å². The molecule has 0 bridgehead atoms. The third kappa shape index (κ3) is 5.01. The Labute approximate surface area is 78.4 Å². The minimum atomic E-state index is -1.09. The maximum Gasteiger partial charge on any atom is 0.382 e. The lowest BCUT2D eigenvalue weighted by Crippen LogP contribution is -2.17. The number of rotatable bonds is 5. The summed E-state index contributed by atoms with van der Waals surface area (Å²) in [5.74, 6) is -1.76. The lowest BCUT2D eigenvalue weighted by atomic mass is 10.2. The van der Waals surface area contributed by atoms with Gasteiger partial charge in [0.1, 0.15) is 0 Å². The molecule has 0 aliphatic carbocycles. The Morgan fingerprint density at radius 2 is 2.17 bits per heavy atom. The van der Waals surface area contributed by atoms with Crippen molar-refractivity contribution < 1.29 is 19.1 Å². The van der Waals surface area contributed by atoms with Gasteiger partial charge in [-0.2, -0.15) is 0 Å². The first-order valence-electron chi connectivity index (χ1n) is 3.39. The molecule has 0 aromatic heterocycles. The SMILES string of the molecule is CC(Br)CCC(=O)C(=O)OC=O. The molecule has 0 saturated carbocycles. The molecule has 0 aliphatic rings. The number of carbonyl (C=O) groups excluding carboxylic acids is 3. The van der Waals surface area contributed by atoms with Crippen LogP contribution in [-0.2, 0) is 19.1 Å². The van der Waals surface area contributed by atoms with Gasteiger partial charge >= 0.3 is 12.4 Å². The van der Waals surface area contributed by atoms with E-state index in [4.69, 9.17) is 0 Å². The number of hydrogen-bond donors (Lipinski definition) is 0. The van der Waals surface area contributed by atoms with Crippen LogP contribution in [0.3, 0.4) is 0 Å². The summed E-state index contributed by atoms with van der Waals surface area (Å²) in [7, 11) is 0. The summed E-state index contributed by atoms with van der Waals surface area (Å²) in [6.45, 7) is 1.82. The van der Waals surface area contributed by atoms with Gasteiger partial charge in [-0.3, -0.25) is 9.59 Å². The zero-order valence-electron chi connectivity index (χ0n) is 6.58. The van der Waals surface area contributed by atoms with Crippen molar-refractivity contribution in [3.05, 3.63) is 0 Å². The topological polar surface area (TPSA) is 60.4 Å². The predicted octanol–water partition coefficient (Wildman–Crippen LogP) is 0.819. The van der Waals surface area contributed by atoms with Gasteiger partial charge in [0.25, 0.3) is 0 Å². The largest absolute Gasteiger partial charge is 0.390 e. The Bertz CT molecular complexity index is 188. The summed E-state index contributed by atoms with van der Waals surface area (Å²) < 4.78 is 3.85. The van der Waals surface area contributed by atoms with Gasteiger partial charge in [-0.25, -0.2) is 4.79 Å². The average molecular weight is 237 g/mol. The van der Waals surface area contributed by atoms with E-state index in [1.165, 1.54) is 0 Å². The Morgan fingerprint density at radius 1 is 1.58 bits per heavy atom. The molecule has 0 aromatic rings. The summed E-state index contributed by atoms with van der Waals surface area (Å²) in [5.41, 5.74) is 0. The van der Waals surface area contributed by atoms with Gasteiger partial charge in [-0.1, -0.05) is 22.9 Å². The van der Waals surface area contributed by atoms with Crippen molar-refractivity contribution in [2.75, 3.05) is 0 Å². The molecule has 68 valence electrons. The molecule has 5 heteroatoms. The van der Waals surface area contributed by atoms with Gasteiger partial charge < -0.3 is 4.74 Å². The van der Waals surface area contributed by atoms with E-state index in [0.717, 1.165) is 0 Å². The third-order valence-corrected chi connectivity index (χ3v) is 1.61. The molecule has 0 aromatic carbocycles. The fraction of sp³-hybridized carbons (Fsp3) is 0.571.